The van der Waals surface area contributed by atoms with Gasteiger partial charge in [0, 0.05) is 5.56 Å². The highest BCUT2D eigenvalue weighted by Crippen LogP contribution is 2.37. The van der Waals surface area contributed by atoms with Gasteiger partial charge in [-0.3, -0.25) is 0 Å². The second-order valence-corrected chi connectivity index (χ2v) is 3.93. The van der Waals surface area contributed by atoms with Gasteiger partial charge in [-0.1, -0.05) is 29.3 Å². The highest BCUT2D eigenvalue weighted by Gasteiger charge is 2.20. The van der Waals surface area contributed by atoms with Crippen LogP contribution in [0, 0.1) is 0 Å². The lowest BCUT2D eigenvalue weighted by atomic mass is 10.1. The van der Waals surface area contributed by atoms with Gasteiger partial charge < -0.3 is 14.9 Å². The Labute approximate surface area is 98.2 Å². The van der Waals surface area contributed by atoms with E-state index >= 15 is 0 Å². The Bertz CT molecular complexity index is 353. The summed E-state index contributed by atoms with van der Waals surface area (Å²) in [4.78, 5) is 0. The van der Waals surface area contributed by atoms with Crippen molar-refractivity contribution in [2.75, 3.05) is 7.11 Å². The molecule has 0 aliphatic carbocycles. The van der Waals surface area contributed by atoms with Crippen LogP contribution >= 0.6 is 23.2 Å². The van der Waals surface area contributed by atoms with Crippen molar-refractivity contribution in [2.24, 2.45) is 0 Å². The van der Waals surface area contributed by atoms with E-state index in [9.17, 15) is 10.2 Å². The van der Waals surface area contributed by atoms with E-state index in [0.29, 0.717) is 11.3 Å². The van der Waals surface area contributed by atoms with Crippen LogP contribution in [0.5, 0.6) is 5.75 Å². The third-order valence-corrected chi connectivity index (χ3v) is 2.95. The fourth-order valence-corrected chi connectivity index (χ4v) is 1.71. The molecule has 0 spiro atoms. The topological polar surface area (TPSA) is 49.7 Å². The summed E-state index contributed by atoms with van der Waals surface area (Å²) in [6, 6.07) is 3.17. The lowest BCUT2D eigenvalue weighted by Crippen LogP contribution is -2.14. The monoisotopic (exact) mass is 250 g/mol. The van der Waals surface area contributed by atoms with Gasteiger partial charge in [-0.05, 0) is 13.0 Å². The molecule has 5 heteroatoms. The molecule has 1 rings (SSSR count). The molecule has 2 atom stereocenters. The Kier molecular flexibility index (Phi) is 4.22. The van der Waals surface area contributed by atoms with Gasteiger partial charge in [-0.15, -0.1) is 0 Å². The number of hydrogen-bond donors (Lipinski definition) is 2. The maximum absolute atomic E-state index is 9.63. The minimum absolute atomic E-state index is 0.199. The minimum Gasteiger partial charge on any atom is -0.495 e. The molecule has 2 unspecified atom stereocenters. The van der Waals surface area contributed by atoms with Gasteiger partial charge in [0.15, 0.2) is 0 Å². The summed E-state index contributed by atoms with van der Waals surface area (Å²) in [6.07, 6.45) is -1.96. The van der Waals surface area contributed by atoms with E-state index in [1.54, 1.807) is 12.1 Å². The molecule has 0 radical (unpaired) electrons. The lowest BCUT2D eigenvalue weighted by Gasteiger charge is -2.17. The third kappa shape index (κ3) is 2.55. The SMILES string of the molecule is COc1ccc(C(O)C(C)O)c(Cl)c1Cl. The van der Waals surface area contributed by atoms with Gasteiger partial charge in [0.25, 0.3) is 0 Å². The molecule has 0 saturated carbocycles. The maximum Gasteiger partial charge on any atom is 0.139 e. The van der Waals surface area contributed by atoms with Crippen LogP contribution in [0.15, 0.2) is 12.1 Å². The van der Waals surface area contributed by atoms with Gasteiger partial charge >= 0.3 is 0 Å². The van der Waals surface area contributed by atoms with Gasteiger partial charge in [0.05, 0.1) is 18.2 Å². The Morgan fingerprint density at radius 1 is 1.20 bits per heavy atom. The molecule has 1 aromatic rings. The zero-order valence-corrected chi connectivity index (χ0v) is 9.88. The summed E-state index contributed by atoms with van der Waals surface area (Å²) in [5.41, 5.74) is 0.387. The van der Waals surface area contributed by atoms with E-state index in [1.165, 1.54) is 14.0 Å². The van der Waals surface area contributed by atoms with Gasteiger partial charge in [-0.2, -0.15) is 0 Å². The van der Waals surface area contributed by atoms with Crippen molar-refractivity contribution in [3.63, 3.8) is 0 Å². The van der Waals surface area contributed by atoms with Crippen LogP contribution in [0.2, 0.25) is 10.0 Å². The Balaban J connectivity index is 3.17. The summed E-state index contributed by atoms with van der Waals surface area (Å²) in [6.45, 7) is 1.47. The molecule has 0 amide bonds. The molecular weight excluding hydrogens is 239 g/mol. The third-order valence-electron chi connectivity index (χ3n) is 2.07. The van der Waals surface area contributed by atoms with Crippen molar-refractivity contribution in [3.05, 3.63) is 27.7 Å². The highest BCUT2D eigenvalue weighted by atomic mass is 35.5. The first-order valence-electron chi connectivity index (χ1n) is 4.37. The predicted octanol–water partition coefficient (Wildman–Crippen LogP) is 2.42. The van der Waals surface area contributed by atoms with Gasteiger partial charge in [-0.25, -0.2) is 0 Å². The normalized spacial score (nSPS) is 14.8. The maximum atomic E-state index is 9.63. The van der Waals surface area contributed by atoms with Crippen molar-refractivity contribution < 1.29 is 14.9 Å². The zero-order chi connectivity index (χ0) is 11.6. The number of methoxy groups -OCH3 is 1. The van der Waals surface area contributed by atoms with Crippen LogP contribution < -0.4 is 4.74 Å². The standard InChI is InChI=1S/C10H12Cl2O3/c1-5(13)10(14)6-3-4-7(15-2)9(12)8(6)11/h3-5,10,13-14H,1-2H3. The molecule has 84 valence electrons. The summed E-state index contributed by atoms with van der Waals surface area (Å²) in [5.74, 6) is 0.434. The molecular formula is C10H12Cl2O3. The molecule has 0 aliphatic heterocycles. The van der Waals surface area contributed by atoms with Crippen LogP contribution in [0.4, 0.5) is 0 Å². The fourth-order valence-electron chi connectivity index (χ4n) is 1.19. The zero-order valence-electron chi connectivity index (χ0n) is 8.37. The number of aliphatic hydroxyl groups is 2. The van der Waals surface area contributed by atoms with Crippen molar-refractivity contribution >= 4 is 23.2 Å². The molecule has 0 heterocycles. The van der Waals surface area contributed by atoms with E-state index in [1.807, 2.05) is 0 Å². The molecule has 0 saturated heterocycles. The first-order chi connectivity index (χ1) is 6.99. The van der Waals surface area contributed by atoms with Crippen LogP contribution in [-0.2, 0) is 0 Å². The number of hydrogen-bond acceptors (Lipinski definition) is 3. The molecule has 0 fully saturated rings. The van der Waals surface area contributed by atoms with E-state index in [2.05, 4.69) is 0 Å². The largest absolute Gasteiger partial charge is 0.495 e. The molecule has 3 nitrogen and oxygen atoms in total. The summed E-state index contributed by atoms with van der Waals surface area (Å²) in [5, 5.41) is 19.3. The van der Waals surface area contributed by atoms with Crippen LogP contribution in [-0.4, -0.2) is 23.4 Å². The summed E-state index contributed by atoms with van der Waals surface area (Å²) >= 11 is 11.8. The first-order valence-corrected chi connectivity index (χ1v) is 5.12. The summed E-state index contributed by atoms with van der Waals surface area (Å²) < 4.78 is 4.96. The van der Waals surface area contributed by atoms with E-state index in [0.717, 1.165) is 0 Å². The van der Waals surface area contributed by atoms with Gasteiger partial charge in [0.2, 0.25) is 0 Å². The molecule has 15 heavy (non-hydrogen) atoms. The van der Waals surface area contributed by atoms with Crippen LogP contribution in [0.3, 0.4) is 0 Å². The first kappa shape index (κ1) is 12.6. The van der Waals surface area contributed by atoms with Crippen LogP contribution in [0.25, 0.3) is 0 Å². The molecule has 2 N–H and O–H groups in total. The van der Waals surface area contributed by atoms with Crippen molar-refractivity contribution in [1.82, 2.24) is 0 Å². The Morgan fingerprint density at radius 2 is 1.80 bits per heavy atom. The number of aliphatic hydroxyl groups excluding tert-OH is 2. The number of benzene rings is 1. The number of rotatable bonds is 3. The Morgan fingerprint density at radius 3 is 2.27 bits per heavy atom. The Hall–Kier alpha value is -0.480. The average molecular weight is 251 g/mol. The van der Waals surface area contributed by atoms with Crippen molar-refractivity contribution in [3.8, 4) is 5.75 Å². The molecule has 1 aromatic carbocycles. The smallest absolute Gasteiger partial charge is 0.139 e. The van der Waals surface area contributed by atoms with Crippen molar-refractivity contribution in [1.29, 1.82) is 0 Å². The fraction of sp³-hybridized carbons (Fsp3) is 0.400. The van der Waals surface area contributed by atoms with Crippen LogP contribution in [0.1, 0.15) is 18.6 Å². The van der Waals surface area contributed by atoms with Gasteiger partial charge in [0.1, 0.15) is 16.9 Å². The van der Waals surface area contributed by atoms with E-state index < -0.39 is 12.2 Å². The van der Waals surface area contributed by atoms with Crippen molar-refractivity contribution in [2.45, 2.75) is 19.1 Å². The highest BCUT2D eigenvalue weighted by molar-refractivity contribution is 6.43. The van der Waals surface area contributed by atoms with E-state index in [4.69, 9.17) is 27.9 Å². The molecule has 0 aliphatic rings. The quantitative estimate of drug-likeness (QED) is 0.867. The van der Waals surface area contributed by atoms with E-state index in [-0.39, 0.29) is 10.0 Å². The summed E-state index contributed by atoms with van der Waals surface area (Å²) in [7, 11) is 1.47. The second kappa shape index (κ2) is 5.03. The predicted molar refractivity (Wildman–Crippen MR) is 59.7 cm³/mol. The molecule has 0 bridgehead atoms. The minimum atomic E-state index is -1.05. The number of halogens is 2. The second-order valence-electron chi connectivity index (χ2n) is 3.17. The number of ether oxygens (including phenoxy) is 1. The molecule has 0 aromatic heterocycles. The average Bonchev–Trinajstić information content (AvgIpc) is 2.21. The lowest BCUT2D eigenvalue weighted by molar-refractivity contribution is 0.0306.